The number of hydrogen-bond donors (Lipinski definition) is 1. The summed E-state index contributed by atoms with van der Waals surface area (Å²) < 4.78 is 5.61. The maximum absolute atomic E-state index is 5.61. The standard InChI is InChI=1S/C16H20N2OS2/c1-12(2)19-15-9-7-6-8-14(15)13(3)18-11-21-10-16(17-4)20-5/h6-10,18H,1,3-4,11H2,2,5H3/b16-10+. The lowest BCUT2D eigenvalue weighted by Gasteiger charge is -2.14. The van der Waals surface area contributed by atoms with Crippen LogP contribution >= 0.6 is 23.5 Å². The number of para-hydroxylation sites is 1. The fraction of sp³-hybridized carbons (Fsp3) is 0.188. The van der Waals surface area contributed by atoms with E-state index in [0.29, 0.717) is 11.6 Å². The van der Waals surface area contributed by atoms with E-state index in [1.165, 1.54) is 0 Å². The van der Waals surface area contributed by atoms with Gasteiger partial charge in [-0.25, -0.2) is 0 Å². The summed E-state index contributed by atoms with van der Waals surface area (Å²) in [5.74, 6) is 2.09. The van der Waals surface area contributed by atoms with E-state index in [9.17, 15) is 0 Å². The minimum atomic E-state index is 0.647. The van der Waals surface area contributed by atoms with Gasteiger partial charge in [-0.1, -0.05) is 25.3 Å². The van der Waals surface area contributed by atoms with Gasteiger partial charge in [-0.05, 0) is 32.0 Å². The van der Waals surface area contributed by atoms with E-state index in [0.717, 1.165) is 22.0 Å². The van der Waals surface area contributed by atoms with Gasteiger partial charge in [0.1, 0.15) is 10.8 Å². The molecule has 0 fully saturated rings. The molecule has 0 saturated carbocycles. The first-order valence-electron chi connectivity index (χ1n) is 6.26. The average Bonchev–Trinajstić information content (AvgIpc) is 2.47. The largest absolute Gasteiger partial charge is 0.462 e. The van der Waals surface area contributed by atoms with Crippen molar-refractivity contribution in [3.05, 3.63) is 59.2 Å². The number of benzene rings is 1. The summed E-state index contributed by atoms with van der Waals surface area (Å²) in [7, 11) is 0. The maximum Gasteiger partial charge on any atom is 0.136 e. The number of nitrogens with one attached hydrogen (secondary N) is 1. The first kappa shape index (κ1) is 17.5. The maximum atomic E-state index is 5.61. The Morgan fingerprint density at radius 2 is 2.10 bits per heavy atom. The number of hydrogen-bond acceptors (Lipinski definition) is 5. The summed E-state index contributed by atoms with van der Waals surface area (Å²) in [6.07, 6.45) is 1.97. The lowest BCUT2D eigenvalue weighted by Crippen LogP contribution is -2.10. The van der Waals surface area contributed by atoms with Crippen molar-refractivity contribution in [2.24, 2.45) is 4.99 Å². The Balaban J connectivity index is 2.62. The molecule has 0 unspecified atom stereocenters. The van der Waals surface area contributed by atoms with E-state index in [4.69, 9.17) is 4.74 Å². The van der Waals surface area contributed by atoms with Crippen molar-refractivity contribution in [3.8, 4) is 5.75 Å². The molecule has 0 aliphatic carbocycles. The van der Waals surface area contributed by atoms with E-state index >= 15 is 0 Å². The molecule has 0 amide bonds. The van der Waals surface area contributed by atoms with Crippen LogP contribution in [0.3, 0.4) is 0 Å². The molecule has 0 heterocycles. The highest BCUT2D eigenvalue weighted by Gasteiger charge is 2.06. The van der Waals surface area contributed by atoms with Gasteiger partial charge in [-0.15, -0.1) is 23.5 Å². The SMILES string of the molecule is C=N/C(=C\SCNC(=C)c1ccccc1OC(=C)C)SC. The predicted molar refractivity (Wildman–Crippen MR) is 97.7 cm³/mol. The van der Waals surface area contributed by atoms with Crippen LogP contribution in [0.5, 0.6) is 5.75 Å². The zero-order chi connectivity index (χ0) is 15.7. The van der Waals surface area contributed by atoms with Crippen molar-refractivity contribution in [1.29, 1.82) is 0 Å². The molecule has 5 heteroatoms. The summed E-state index contributed by atoms with van der Waals surface area (Å²) in [5.41, 5.74) is 1.74. The van der Waals surface area contributed by atoms with Gasteiger partial charge in [-0.3, -0.25) is 4.99 Å². The lowest BCUT2D eigenvalue weighted by atomic mass is 10.1. The third-order valence-electron chi connectivity index (χ3n) is 2.41. The topological polar surface area (TPSA) is 33.6 Å². The van der Waals surface area contributed by atoms with Gasteiger partial charge < -0.3 is 10.1 Å². The van der Waals surface area contributed by atoms with Gasteiger partial charge in [-0.2, -0.15) is 0 Å². The molecular weight excluding hydrogens is 300 g/mol. The number of thioether (sulfide) groups is 2. The molecule has 0 aliphatic heterocycles. The highest BCUT2D eigenvalue weighted by molar-refractivity contribution is 8.05. The monoisotopic (exact) mass is 320 g/mol. The fourth-order valence-electron chi connectivity index (χ4n) is 1.48. The molecule has 1 aromatic carbocycles. The van der Waals surface area contributed by atoms with Crippen molar-refractivity contribution in [2.75, 3.05) is 12.1 Å². The third-order valence-corrected chi connectivity index (χ3v) is 3.93. The highest BCUT2D eigenvalue weighted by atomic mass is 32.2. The Kier molecular flexibility index (Phi) is 7.79. The van der Waals surface area contributed by atoms with Gasteiger partial charge in [0.2, 0.25) is 0 Å². The Morgan fingerprint density at radius 3 is 2.71 bits per heavy atom. The van der Waals surface area contributed by atoms with Crippen LogP contribution < -0.4 is 10.1 Å². The van der Waals surface area contributed by atoms with Crippen molar-refractivity contribution in [2.45, 2.75) is 6.92 Å². The van der Waals surface area contributed by atoms with Crippen molar-refractivity contribution in [1.82, 2.24) is 5.32 Å². The third kappa shape index (κ3) is 6.14. The Hall–Kier alpha value is -1.59. The van der Waals surface area contributed by atoms with Gasteiger partial charge in [0.05, 0.1) is 11.6 Å². The van der Waals surface area contributed by atoms with Crippen molar-refractivity contribution < 1.29 is 4.74 Å². The smallest absolute Gasteiger partial charge is 0.136 e. The first-order valence-corrected chi connectivity index (χ1v) is 8.54. The number of rotatable bonds is 9. The molecule has 112 valence electrons. The molecular formula is C16H20N2OS2. The minimum Gasteiger partial charge on any atom is -0.462 e. The van der Waals surface area contributed by atoms with Crippen LogP contribution in [-0.4, -0.2) is 18.9 Å². The average molecular weight is 320 g/mol. The molecule has 0 saturated heterocycles. The molecule has 1 rings (SSSR count). The molecule has 0 radical (unpaired) electrons. The van der Waals surface area contributed by atoms with E-state index < -0.39 is 0 Å². The van der Waals surface area contributed by atoms with Crippen molar-refractivity contribution in [3.63, 3.8) is 0 Å². The number of allylic oxidation sites excluding steroid dienone is 1. The zero-order valence-electron chi connectivity index (χ0n) is 12.4. The van der Waals surface area contributed by atoms with Gasteiger partial charge in [0.25, 0.3) is 0 Å². The Bertz CT molecular complexity index is 553. The number of aliphatic imine (C=N–C) groups is 1. The van der Waals surface area contributed by atoms with Crippen LogP contribution in [0.15, 0.2) is 58.6 Å². The Morgan fingerprint density at radius 1 is 1.38 bits per heavy atom. The summed E-state index contributed by atoms with van der Waals surface area (Å²) in [6, 6.07) is 7.74. The van der Waals surface area contributed by atoms with E-state index in [2.05, 4.69) is 30.2 Å². The van der Waals surface area contributed by atoms with Crippen molar-refractivity contribution >= 4 is 35.9 Å². The normalized spacial score (nSPS) is 10.9. The zero-order valence-corrected chi connectivity index (χ0v) is 14.0. The summed E-state index contributed by atoms with van der Waals surface area (Å²) in [4.78, 5) is 3.90. The number of nitrogens with zero attached hydrogens (tertiary/aromatic N) is 1. The van der Waals surface area contributed by atoms with Gasteiger partial charge >= 0.3 is 0 Å². The molecule has 3 nitrogen and oxygen atoms in total. The van der Waals surface area contributed by atoms with E-state index in [1.54, 1.807) is 23.5 Å². The molecule has 1 N–H and O–H groups in total. The molecule has 0 spiro atoms. The van der Waals surface area contributed by atoms with E-state index in [-0.39, 0.29) is 0 Å². The molecule has 0 aliphatic rings. The molecule has 0 bridgehead atoms. The Labute approximate surface area is 135 Å². The lowest BCUT2D eigenvalue weighted by molar-refractivity contribution is 0.429. The second kappa shape index (κ2) is 9.37. The molecule has 0 aromatic heterocycles. The van der Waals surface area contributed by atoms with Gasteiger partial charge in [0.15, 0.2) is 0 Å². The minimum absolute atomic E-state index is 0.647. The van der Waals surface area contributed by atoms with Crippen LogP contribution in [-0.2, 0) is 0 Å². The van der Waals surface area contributed by atoms with E-state index in [1.807, 2.05) is 42.9 Å². The van der Waals surface area contributed by atoms with Crippen LogP contribution in [0.4, 0.5) is 0 Å². The molecule has 1 aromatic rings. The second-order valence-corrected chi connectivity index (χ2v) is 5.77. The number of ether oxygens (including phenoxy) is 1. The first-order chi connectivity index (χ1) is 10.1. The fourth-order valence-corrected chi connectivity index (χ4v) is 2.76. The second-order valence-electron chi connectivity index (χ2n) is 4.08. The van der Waals surface area contributed by atoms with Crippen LogP contribution in [0.25, 0.3) is 5.70 Å². The van der Waals surface area contributed by atoms with Crippen LogP contribution in [0.2, 0.25) is 0 Å². The van der Waals surface area contributed by atoms with Crippen LogP contribution in [0, 0.1) is 0 Å². The summed E-state index contributed by atoms with van der Waals surface area (Å²) >= 11 is 3.17. The predicted octanol–water partition coefficient (Wildman–Crippen LogP) is 4.71. The highest BCUT2D eigenvalue weighted by Crippen LogP contribution is 2.25. The van der Waals surface area contributed by atoms with Crippen LogP contribution in [0.1, 0.15) is 12.5 Å². The quantitative estimate of drug-likeness (QED) is 0.309. The van der Waals surface area contributed by atoms with Gasteiger partial charge in [0, 0.05) is 16.7 Å². The molecule has 21 heavy (non-hydrogen) atoms. The summed E-state index contributed by atoms with van der Waals surface area (Å²) in [5, 5.41) is 6.13. The molecule has 0 atom stereocenters. The summed E-state index contributed by atoms with van der Waals surface area (Å²) in [6.45, 7) is 13.2.